The number of aliphatic carboxylic acids is 1. The summed E-state index contributed by atoms with van der Waals surface area (Å²) in [4.78, 5) is 18.9. The Morgan fingerprint density at radius 1 is 1.29 bits per heavy atom. The molecule has 0 spiro atoms. The number of aromatic nitrogens is 2. The van der Waals surface area contributed by atoms with Gasteiger partial charge in [-0.25, -0.2) is 9.97 Å². The smallest absolute Gasteiger partial charge is 0.306 e. The minimum absolute atomic E-state index is 0.0944. The Morgan fingerprint density at radius 2 is 1.88 bits per heavy atom. The average Bonchev–Trinajstić information content (AvgIpc) is 2.33. The predicted molar refractivity (Wildman–Crippen MR) is 60.8 cm³/mol. The third-order valence-electron chi connectivity index (χ3n) is 3.08. The van der Waals surface area contributed by atoms with E-state index in [4.69, 9.17) is 9.84 Å². The van der Waals surface area contributed by atoms with E-state index in [2.05, 4.69) is 9.97 Å². The van der Waals surface area contributed by atoms with Gasteiger partial charge in [0.2, 0.25) is 0 Å². The molecule has 1 aliphatic rings. The maximum atomic E-state index is 10.8. The van der Waals surface area contributed by atoms with E-state index < -0.39 is 5.97 Å². The molecule has 1 heterocycles. The van der Waals surface area contributed by atoms with Gasteiger partial charge in [0.05, 0.1) is 24.4 Å². The first-order chi connectivity index (χ1) is 8.15. The highest BCUT2D eigenvalue weighted by Crippen LogP contribution is 2.27. The highest BCUT2D eigenvalue weighted by molar-refractivity contribution is 5.70. The standard InChI is InChI=1S/C12H16N2O3/c1-8-13-6-11(7-14-8)17-10-4-2-9(3-5-10)12(15)16/h6-7,9-10H,2-5H2,1H3,(H,15,16). The number of hydrogen-bond donors (Lipinski definition) is 1. The highest BCUT2D eigenvalue weighted by atomic mass is 16.5. The number of carboxylic acid groups (broad SMARTS) is 1. The van der Waals surface area contributed by atoms with Crippen molar-refractivity contribution in [2.24, 2.45) is 5.92 Å². The average molecular weight is 236 g/mol. The molecule has 1 aromatic heterocycles. The van der Waals surface area contributed by atoms with Crippen LogP contribution in [0.15, 0.2) is 12.4 Å². The number of carbonyl (C=O) groups is 1. The molecule has 17 heavy (non-hydrogen) atoms. The number of aryl methyl sites for hydroxylation is 1. The minimum atomic E-state index is -0.692. The lowest BCUT2D eigenvalue weighted by Gasteiger charge is -2.26. The third-order valence-corrected chi connectivity index (χ3v) is 3.08. The summed E-state index contributed by atoms with van der Waals surface area (Å²) in [6.45, 7) is 1.82. The van der Waals surface area contributed by atoms with Gasteiger partial charge < -0.3 is 9.84 Å². The van der Waals surface area contributed by atoms with Gasteiger partial charge in [0.25, 0.3) is 0 Å². The third kappa shape index (κ3) is 3.15. The molecule has 1 aromatic rings. The lowest BCUT2D eigenvalue weighted by Crippen LogP contribution is -2.27. The summed E-state index contributed by atoms with van der Waals surface area (Å²) in [5.74, 6) is 0.479. The van der Waals surface area contributed by atoms with Gasteiger partial charge in [-0.1, -0.05) is 0 Å². The van der Waals surface area contributed by atoms with Crippen molar-refractivity contribution in [1.29, 1.82) is 0 Å². The van der Waals surface area contributed by atoms with Crippen molar-refractivity contribution in [3.8, 4) is 5.75 Å². The molecule has 0 atom stereocenters. The van der Waals surface area contributed by atoms with E-state index in [0.717, 1.165) is 12.8 Å². The van der Waals surface area contributed by atoms with Crippen molar-refractivity contribution in [1.82, 2.24) is 9.97 Å². The van der Waals surface area contributed by atoms with Crippen LogP contribution in [0.5, 0.6) is 5.75 Å². The lowest BCUT2D eigenvalue weighted by atomic mass is 9.87. The zero-order chi connectivity index (χ0) is 12.3. The topological polar surface area (TPSA) is 72.3 Å². The molecule has 1 fully saturated rings. The second-order valence-corrected chi connectivity index (χ2v) is 4.40. The number of ether oxygens (including phenoxy) is 1. The van der Waals surface area contributed by atoms with Crippen LogP contribution in [0.4, 0.5) is 0 Å². The van der Waals surface area contributed by atoms with Gasteiger partial charge >= 0.3 is 5.97 Å². The van der Waals surface area contributed by atoms with Gasteiger partial charge in [-0.2, -0.15) is 0 Å². The minimum Gasteiger partial charge on any atom is -0.487 e. The fourth-order valence-electron chi connectivity index (χ4n) is 2.06. The lowest BCUT2D eigenvalue weighted by molar-refractivity contribution is -0.143. The fraction of sp³-hybridized carbons (Fsp3) is 0.583. The van der Waals surface area contributed by atoms with Crippen molar-refractivity contribution in [3.63, 3.8) is 0 Å². The highest BCUT2D eigenvalue weighted by Gasteiger charge is 2.26. The Bertz CT molecular complexity index is 383. The molecule has 5 nitrogen and oxygen atoms in total. The van der Waals surface area contributed by atoms with Crippen LogP contribution in [-0.4, -0.2) is 27.1 Å². The normalized spacial score (nSPS) is 24.3. The van der Waals surface area contributed by atoms with Gasteiger partial charge in [-0.05, 0) is 32.6 Å². The molecular weight excluding hydrogens is 220 g/mol. The number of rotatable bonds is 3. The summed E-state index contributed by atoms with van der Waals surface area (Å²) in [5, 5.41) is 8.88. The SMILES string of the molecule is Cc1ncc(OC2CCC(C(=O)O)CC2)cn1. The summed E-state index contributed by atoms with van der Waals surface area (Å²) >= 11 is 0. The summed E-state index contributed by atoms with van der Waals surface area (Å²) < 4.78 is 5.72. The van der Waals surface area contributed by atoms with E-state index in [1.54, 1.807) is 12.4 Å². The van der Waals surface area contributed by atoms with Crippen LogP contribution in [0.3, 0.4) is 0 Å². The molecule has 5 heteroatoms. The van der Waals surface area contributed by atoms with Crippen LogP contribution in [0, 0.1) is 12.8 Å². The molecule has 0 unspecified atom stereocenters. The van der Waals surface area contributed by atoms with Crippen molar-refractivity contribution in [2.75, 3.05) is 0 Å². The summed E-state index contributed by atoms with van der Waals surface area (Å²) in [6, 6.07) is 0. The fourth-order valence-corrected chi connectivity index (χ4v) is 2.06. The quantitative estimate of drug-likeness (QED) is 0.866. The Morgan fingerprint density at radius 3 is 2.41 bits per heavy atom. The van der Waals surface area contributed by atoms with Crippen molar-refractivity contribution in [2.45, 2.75) is 38.7 Å². The van der Waals surface area contributed by atoms with Crippen LogP contribution in [0.1, 0.15) is 31.5 Å². The van der Waals surface area contributed by atoms with Crippen molar-refractivity contribution in [3.05, 3.63) is 18.2 Å². The van der Waals surface area contributed by atoms with E-state index >= 15 is 0 Å². The molecule has 0 bridgehead atoms. The predicted octanol–water partition coefficient (Wildman–Crippen LogP) is 1.81. The van der Waals surface area contributed by atoms with Crippen LogP contribution in [0.2, 0.25) is 0 Å². The molecular formula is C12H16N2O3. The van der Waals surface area contributed by atoms with E-state index in [1.165, 1.54) is 0 Å². The largest absolute Gasteiger partial charge is 0.487 e. The first-order valence-corrected chi connectivity index (χ1v) is 5.83. The number of hydrogen-bond acceptors (Lipinski definition) is 4. The second kappa shape index (κ2) is 5.12. The number of nitrogens with zero attached hydrogens (tertiary/aromatic N) is 2. The van der Waals surface area contributed by atoms with E-state index in [0.29, 0.717) is 24.4 Å². The van der Waals surface area contributed by atoms with E-state index in [-0.39, 0.29) is 12.0 Å². The van der Waals surface area contributed by atoms with Gasteiger partial charge in [-0.3, -0.25) is 4.79 Å². The van der Waals surface area contributed by atoms with Crippen LogP contribution >= 0.6 is 0 Å². The number of carboxylic acids is 1. The van der Waals surface area contributed by atoms with Gasteiger partial charge in [-0.15, -0.1) is 0 Å². The molecule has 0 amide bonds. The maximum Gasteiger partial charge on any atom is 0.306 e. The summed E-state index contributed by atoms with van der Waals surface area (Å²) in [6.07, 6.45) is 6.35. The summed E-state index contributed by atoms with van der Waals surface area (Å²) in [7, 11) is 0. The van der Waals surface area contributed by atoms with Crippen LogP contribution in [0.25, 0.3) is 0 Å². The molecule has 0 radical (unpaired) electrons. The Labute approximate surface area is 99.9 Å². The molecule has 0 saturated heterocycles. The maximum absolute atomic E-state index is 10.8. The first-order valence-electron chi connectivity index (χ1n) is 5.83. The van der Waals surface area contributed by atoms with Gasteiger partial charge in [0.15, 0.2) is 5.75 Å². The van der Waals surface area contributed by atoms with Gasteiger partial charge in [0, 0.05) is 0 Å². The van der Waals surface area contributed by atoms with Crippen LogP contribution < -0.4 is 4.74 Å². The molecule has 0 aromatic carbocycles. The molecule has 1 saturated carbocycles. The van der Waals surface area contributed by atoms with E-state index in [1.807, 2.05) is 6.92 Å². The van der Waals surface area contributed by atoms with E-state index in [9.17, 15) is 4.79 Å². The molecule has 1 aliphatic carbocycles. The monoisotopic (exact) mass is 236 g/mol. The van der Waals surface area contributed by atoms with Crippen molar-refractivity contribution < 1.29 is 14.6 Å². The molecule has 1 N–H and O–H groups in total. The molecule has 2 rings (SSSR count). The zero-order valence-corrected chi connectivity index (χ0v) is 9.80. The molecule has 0 aliphatic heterocycles. The summed E-state index contributed by atoms with van der Waals surface area (Å²) in [5.41, 5.74) is 0. The first kappa shape index (κ1) is 11.8. The second-order valence-electron chi connectivity index (χ2n) is 4.40. The Hall–Kier alpha value is -1.65. The Kier molecular flexibility index (Phi) is 3.56. The molecule has 92 valence electrons. The van der Waals surface area contributed by atoms with Crippen LogP contribution in [-0.2, 0) is 4.79 Å². The Balaban J connectivity index is 1.85. The van der Waals surface area contributed by atoms with Crippen molar-refractivity contribution >= 4 is 5.97 Å². The van der Waals surface area contributed by atoms with Gasteiger partial charge in [0.1, 0.15) is 5.82 Å². The zero-order valence-electron chi connectivity index (χ0n) is 9.80.